The number of carbonyl (C=O) groups is 2. The van der Waals surface area contributed by atoms with Gasteiger partial charge in [0.25, 0.3) is 0 Å². The number of benzene rings is 1. The van der Waals surface area contributed by atoms with Crippen molar-refractivity contribution in [1.29, 1.82) is 0 Å². The maximum Gasteiger partial charge on any atom is 0.225 e. The molecule has 2 rings (SSSR count). The van der Waals surface area contributed by atoms with Gasteiger partial charge in [-0.2, -0.15) is 0 Å². The highest BCUT2D eigenvalue weighted by atomic mass is 16.2. The van der Waals surface area contributed by atoms with Gasteiger partial charge in [-0.05, 0) is 24.8 Å². The second-order valence-corrected chi connectivity index (χ2v) is 5.59. The number of primary amides is 1. The zero-order chi connectivity index (χ0) is 14.5. The first-order valence-electron chi connectivity index (χ1n) is 7.20. The molecule has 1 aromatic rings. The van der Waals surface area contributed by atoms with Crippen LogP contribution in [0.4, 0.5) is 0 Å². The molecule has 4 nitrogen and oxygen atoms in total. The Kier molecular flexibility index (Phi) is 4.77. The molecule has 1 heterocycles. The summed E-state index contributed by atoms with van der Waals surface area (Å²) in [6.07, 6.45) is 2.15. The summed E-state index contributed by atoms with van der Waals surface area (Å²) in [5.41, 5.74) is 6.49. The van der Waals surface area contributed by atoms with Crippen LogP contribution in [0.25, 0.3) is 0 Å². The van der Waals surface area contributed by atoms with E-state index in [1.54, 1.807) is 0 Å². The van der Waals surface area contributed by atoms with E-state index in [1.165, 1.54) is 5.56 Å². The van der Waals surface area contributed by atoms with E-state index in [0.717, 1.165) is 6.42 Å². The molecule has 1 aromatic carbocycles. The van der Waals surface area contributed by atoms with Crippen molar-refractivity contribution < 1.29 is 9.59 Å². The highest BCUT2D eigenvalue weighted by Crippen LogP contribution is 2.19. The second-order valence-electron chi connectivity index (χ2n) is 5.59. The fourth-order valence-corrected chi connectivity index (χ4v) is 2.75. The summed E-state index contributed by atoms with van der Waals surface area (Å²) in [4.78, 5) is 25.4. The molecule has 1 fully saturated rings. The van der Waals surface area contributed by atoms with Crippen molar-refractivity contribution in [3.05, 3.63) is 35.9 Å². The van der Waals surface area contributed by atoms with Crippen LogP contribution in [0, 0.1) is 11.8 Å². The van der Waals surface area contributed by atoms with Crippen LogP contribution in [-0.2, 0) is 16.0 Å². The third kappa shape index (κ3) is 3.59. The van der Waals surface area contributed by atoms with Crippen molar-refractivity contribution in [2.75, 3.05) is 13.1 Å². The van der Waals surface area contributed by atoms with Crippen LogP contribution in [0.15, 0.2) is 30.3 Å². The van der Waals surface area contributed by atoms with E-state index in [0.29, 0.717) is 25.9 Å². The van der Waals surface area contributed by atoms with Crippen LogP contribution in [0.1, 0.15) is 25.3 Å². The van der Waals surface area contributed by atoms with Gasteiger partial charge in [-0.25, -0.2) is 0 Å². The minimum absolute atomic E-state index is 0.0254. The van der Waals surface area contributed by atoms with Crippen LogP contribution in [0.3, 0.4) is 0 Å². The molecule has 0 spiro atoms. The molecule has 1 aliphatic rings. The summed E-state index contributed by atoms with van der Waals surface area (Å²) in [5.74, 6) is -0.155. The van der Waals surface area contributed by atoms with Crippen molar-refractivity contribution in [3.63, 3.8) is 0 Å². The number of nitrogens with two attached hydrogens (primary N) is 1. The maximum absolute atomic E-state index is 12.4. The second kappa shape index (κ2) is 6.55. The lowest BCUT2D eigenvalue weighted by Crippen LogP contribution is -2.44. The van der Waals surface area contributed by atoms with Crippen molar-refractivity contribution in [3.8, 4) is 0 Å². The number of piperidine rings is 1. The molecule has 0 radical (unpaired) electrons. The Bertz CT molecular complexity index is 465. The molecule has 0 bridgehead atoms. The molecule has 0 aromatic heterocycles. The smallest absolute Gasteiger partial charge is 0.225 e. The summed E-state index contributed by atoms with van der Waals surface area (Å²) in [6.45, 7) is 3.26. The number of rotatable bonds is 4. The number of nitrogens with zero attached hydrogens (tertiary/aromatic N) is 1. The number of likely N-dealkylation sites (tertiary alicyclic amines) is 1. The lowest BCUT2D eigenvalue weighted by atomic mass is 9.94. The van der Waals surface area contributed by atoms with E-state index in [2.05, 4.69) is 0 Å². The number of hydrogen-bond acceptors (Lipinski definition) is 2. The largest absolute Gasteiger partial charge is 0.369 e. The van der Waals surface area contributed by atoms with Gasteiger partial charge >= 0.3 is 0 Å². The third-order valence-corrected chi connectivity index (χ3v) is 4.02. The monoisotopic (exact) mass is 274 g/mol. The molecular formula is C16H22N2O2. The summed E-state index contributed by atoms with van der Waals surface area (Å²) in [6, 6.07) is 10.0. The first-order chi connectivity index (χ1) is 9.58. The van der Waals surface area contributed by atoms with Crippen LogP contribution >= 0.6 is 0 Å². The van der Waals surface area contributed by atoms with Gasteiger partial charge in [0.05, 0.1) is 0 Å². The van der Waals surface area contributed by atoms with Crippen LogP contribution in [0.2, 0.25) is 0 Å². The van der Waals surface area contributed by atoms with Crippen LogP contribution in [0.5, 0.6) is 0 Å². The number of carbonyl (C=O) groups excluding carboxylic acids is 2. The quantitative estimate of drug-likeness (QED) is 0.906. The van der Waals surface area contributed by atoms with Gasteiger partial charge in [-0.3, -0.25) is 9.59 Å². The normalized spacial score (nSPS) is 17.8. The van der Waals surface area contributed by atoms with Crippen molar-refractivity contribution in [2.24, 2.45) is 17.6 Å². The zero-order valence-electron chi connectivity index (χ0n) is 11.9. The van der Waals surface area contributed by atoms with E-state index in [4.69, 9.17) is 5.73 Å². The van der Waals surface area contributed by atoms with Gasteiger partial charge in [0, 0.05) is 24.9 Å². The van der Waals surface area contributed by atoms with Crippen LogP contribution < -0.4 is 5.73 Å². The molecule has 0 aliphatic carbocycles. The predicted octanol–water partition coefficient (Wildman–Crippen LogP) is 1.59. The molecule has 108 valence electrons. The van der Waals surface area contributed by atoms with Gasteiger partial charge in [0.15, 0.2) is 0 Å². The van der Waals surface area contributed by atoms with Gasteiger partial charge < -0.3 is 10.6 Å². The molecule has 1 saturated heterocycles. The van der Waals surface area contributed by atoms with E-state index in [-0.39, 0.29) is 23.7 Å². The lowest BCUT2D eigenvalue weighted by molar-refractivity contribution is -0.138. The van der Waals surface area contributed by atoms with Gasteiger partial charge in [0.1, 0.15) is 0 Å². The fourth-order valence-electron chi connectivity index (χ4n) is 2.75. The van der Waals surface area contributed by atoms with E-state index in [9.17, 15) is 9.59 Å². The average molecular weight is 274 g/mol. The fraction of sp³-hybridized carbons (Fsp3) is 0.500. The predicted molar refractivity (Wildman–Crippen MR) is 77.8 cm³/mol. The Labute approximate surface area is 119 Å². The molecule has 4 heteroatoms. The van der Waals surface area contributed by atoms with Crippen LogP contribution in [-0.4, -0.2) is 29.8 Å². The van der Waals surface area contributed by atoms with E-state index >= 15 is 0 Å². The molecule has 1 atom stereocenters. The van der Waals surface area contributed by atoms with E-state index < -0.39 is 0 Å². The standard InChI is InChI=1S/C16H22N2O2/c1-12(11-13-5-3-2-4-6-13)16(20)18-9-7-14(8-10-18)15(17)19/h2-6,12,14H,7-11H2,1H3,(H2,17,19). The molecular weight excluding hydrogens is 252 g/mol. The van der Waals surface area contributed by atoms with Crippen molar-refractivity contribution >= 4 is 11.8 Å². The summed E-state index contributed by atoms with van der Waals surface area (Å²) in [7, 11) is 0. The zero-order valence-corrected chi connectivity index (χ0v) is 11.9. The van der Waals surface area contributed by atoms with Crippen molar-refractivity contribution in [1.82, 2.24) is 4.90 Å². The Balaban J connectivity index is 1.87. The molecule has 2 N–H and O–H groups in total. The summed E-state index contributed by atoms with van der Waals surface area (Å²) >= 11 is 0. The number of hydrogen-bond donors (Lipinski definition) is 1. The summed E-state index contributed by atoms with van der Waals surface area (Å²) in [5, 5.41) is 0. The summed E-state index contributed by atoms with van der Waals surface area (Å²) < 4.78 is 0. The minimum atomic E-state index is -0.241. The lowest BCUT2D eigenvalue weighted by Gasteiger charge is -2.32. The SMILES string of the molecule is CC(Cc1ccccc1)C(=O)N1CCC(C(N)=O)CC1. The van der Waals surface area contributed by atoms with Gasteiger partial charge in [0.2, 0.25) is 11.8 Å². The Morgan fingerprint density at radius 3 is 2.40 bits per heavy atom. The number of amides is 2. The highest BCUT2D eigenvalue weighted by molar-refractivity contribution is 5.80. The molecule has 2 amide bonds. The molecule has 1 aliphatic heterocycles. The Morgan fingerprint density at radius 1 is 1.25 bits per heavy atom. The highest BCUT2D eigenvalue weighted by Gasteiger charge is 2.28. The average Bonchev–Trinajstić information content (AvgIpc) is 2.47. The van der Waals surface area contributed by atoms with E-state index in [1.807, 2.05) is 42.2 Å². The topological polar surface area (TPSA) is 63.4 Å². The molecule has 1 unspecified atom stereocenters. The first-order valence-corrected chi connectivity index (χ1v) is 7.20. The third-order valence-electron chi connectivity index (χ3n) is 4.02. The Hall–Kier alpha value is -1.84. The first kappa shape index (κ1) is 14.6. The minimum Gasteiger partial charge on any atom is -0.369 e. The Morgan fingerprint density at radius 2 is 1.85 bits per heavy atom. The van der Waals surface area contributed by atoms with Gasteiger partial charge in [-0.1, -0.05) is 37.3 Å². The van der Waals surface area contributed by atoms with Gasteiger partial charge in [-0.15, -0.1) is 0 Å². The van der Waals surface area contributed by atoms with Crippen molar-refractivity contribution in [2.45, 2.75) is 26.2 Å². The maximum atomic E-state index is 12.4. The molecule has 0 saturated carbocycles. The molecule has 20 heavy (non-hydrogen) atoms.